The third-order valence-corrected chi connectivity index (χ3v) is 3.89. The second-order valence-corrected chi connectivity index (χ2v) is 4.92. The number of nitrogens with zero attached hydrogens (tertiary/aromatic N) is 1. The average Bonchev–Trinajstić information content (AvgIpc) is 2.63. The van der Waals surface area contributed by atoms with Gasteiger partial charge in [0.2, 0.25) is 0 Å². The van der Waals surface area contributed by atoms with Crippen LogP contribution in [0, 0.1) is 0 Å². The highest BCUT2D eigenvalue weighted by molar-refractivity contribution is 6.06. The molecule has 3 fully saturated rings. The van der Waals surface area contributed by atoms with E-state index in [0.29, 0.717) is 12.1 Å². The molecule has 3 atom stereocenters. The molecule has 3 amide bonds. The van der Waals surface area contributed by atoms with Crippen molar-refractivity contribution in [1.29, 1.82) is 0 Å². The van der Waals surface area contributed by atoms with Crippen molar-refractivity contribution >= 4 is 11.9 Å². The van der Waals surface area contributed by atoms with Gasteiger partial charge in [-0.15, -0.1) is 0 Å². The van der Waals surface area contributed by atoms with Crippen molar-refractivity contribution in [1.82, 2.24) is 15.5 Å². The third-order valence-electron chi connectivity index (χ3n) is 3.89. The van der Waals surface area contributed by atoms with Crippen molar-refractivity contribution in [2.24, 2.45) is 0 Å². The minimum absolute atomic E-state index is 0.0501. The van der Waals surface area contributed by atoms with E-state index in [1.54, 1.807) is 7.05 Å². The van der Waals surface area contributed by atoms with Crippen molar-refractivity contribution in [3.8, 4) is 0 Å². The molecule has 0 aromatic rings. The summed E-state index contributed by atoms with van der Waals surface area (Å²) in [7, 11) is 1.55. The van der Waals surface area contributed by atoms with E-state index >= 15 is 0 Å². The lowest BCUT2D eigenvalue weighted by molar-refractivity contribution is -0.131. The fourth-order valence-electron chi connectivity index (χ4n) is 3.18. The summed E-state index contributed by atoms with van der Waals surface area (Å²) in [6.07, 6.45) is 3.75. The molecule has 15 heavy (non-hydrogen) atoms. The van der Waals surface area contributed by atoms with Gasteiger partial charge >= 0.3 is 6.03 Å². The van der Waals surface area contributed by atoms with Crippen LogP contribution in [0.4, 0.5) is 4.79 Å². The Morgan fingerprint density at radius 2 is 1.87 bits per heavy atom. The number of hydrogen-bond donors (Lipinski definition) is 2. The largest absolute Gasteiger partial charge is 0.324 e. The molecule has 5 nitrogen and oxygen atoms in total. The summed E-state index contributed by atoms with van der Waals surface area (Å²) >= 11 is 0. The van der Waals surface area contributed by atoms with Crippen LogP contribution < -0.4 is 10.6 Å². The van der Waals surface area contributed by atoms with Gasteiger partial charge in [-0.1, -0.05) is 0 Å². The summed E-state index contributed by atoms with van der Waals surface area (Å²) in [6, 6.07) is 0.556. The maximum absolute atomic E-state index is 12.0. The summed E-state index contributed by atoms with van der Waals surface area (Å²) < 4.78 is 0. The van der Waals surface area contributed by atoms with Gasteiger partial charge in [-0.2, -0.15) is 0 Å². The molecule has 0 radical (unpaired) electrons. The van der Waals surface area contributed by atoms with Crippen LogP contribution in [0.1, 0.15) is 25.7 Å². The summed E-state index contributed by atoms with van der Waals surface area (Å²) in [4.78, 5) is 24.7. The van der Waals surface area contributed by atoms with E-state index in [1.807, 2.05) is 0 Å². The van der Waals surface area contributed by atoms with Crippen LogP contribution in [0.15, 0.2) is 0 Å². The quantitative estimate of drug-likeness (QED) is 0.544. The van der Waals surface area contributed by atoms with Crippen molar-refractivity contribution in [3.63, 3.8) is 0 Å². The number of likely N-dealkylation sites (N-methyl/N-ethyl adjacent to an activating group) is 1. The zero-order valence-electron chi connectivity index (χ0n) is 8.75. The van der Waals surface area contributed by atoms with E-state index in [-0.39, 0.29) is 11.9 Å². The van der Waals surface area contributed by atoms with Crippen molar-refractivity contribution in [2.45, 2.75) is 43.3 Å². The number of nitrogens with one attached hydrogen (secondary N) is 2. The Kier molecular flexibility index (Phi) is 1.66. The molecule has 3 saturated heterocycles. The number of carbonyl (C=O) groups excluding carboxylic acids is 2. The van der Waals surface area contributed by atoms with Crippen LogP contribution >= 0.6 is 0 Å². The molecule has 0 saturated carbocycles. The normalized spacial score (nSPS) is 43.9. The zero-order chi connectivity index (χ0) is 10.6. The number of carbonyl (C=O) groups is 2. The molecule has 2 bridgehead atoms. The minimum atomic E-state index is -0.594. The smallest absolute Gasteiger partial charge is 0.323 e. The minimum Gasteiger partial charge on any atom is -0.323 e. The summed E-state index contributed by atoms with van der Waals surface area (Å²) in [6.45, 7) is 0. The molecule has 2 N–H and O–H groups in total. The number of hydrogen-bond acceptors (Lipinski definition) is 3. The Morgan fingerprint density at radius 1 is 1.27 bits per heavy atom. The number of urea groups is 1. The maximum Gasteiger partial charge on any atom is 0.324 e. The highest BCUT2D eigenvalue weighted by Crippen LogP contribution is 2.37. The Labute approximate surface area is 88.2 Å². The lowest BCUT2D eigenvalue weighted by atomic mass is 9.84. The van der Waals surface area contributed by atoms with E-state index in [0.717, 1.165) is 25.7 Å². The number of imide groups is 1. The van der Waals surface area contributed by atoms with Crippen molar-refractivity contribution < 1.29 is 9.59 Å². The number of piperidine rings is 1. The summed E-state index contributed by atoms with van der Waals surface area (Å²) in [5.41, 5.74) is -0.594. The Bertz CT molecular complexity index is 330. The first-order chi connectivity index (χ1) is 7.11. The standard InChI is InChI=1S/C10H15N3O2/c1-13-8(14)10(12-9(13)15)4-6-2-3-7(5-10)11-6/h6-7,11H,2-5H2,1H3,(H,12,15)/t6-,7?,10?/m1/s1. The maximum atomic E-state index is 12.0. The molecule has 0 aromatic heterocycles. The van der Waals surface area contributed by atoms with Crippen LogP contribution in [-0.2, 0) is 4.79 Å². The van der Waals surface area contributed by atoms with Gasteiger partial charge in [0.05, 0.1) is 0 Å². The molecule has 82 valence electrons. The number of rotatable bonds is 0. The first kappa shape index (κ1) is 9.15. The molecule has 3 heterocycles. The topological polar surface area (TPSA) is 61.4 Å². The van der Waals surface area contributed by atoms with Crippen molar-refractivity contribution in [2.75, 3.05) is 7.05 Å². The van der Waals surface area contributed by atoms with Crippen LogP contribution in [0.5, 0.6) is 0 Å². The van der Waals surface area contributed by atoms with Gasteiger partial charge in [0.1, 0.15) is 5.54 Å². The second kappa shape index (κ2) is 2.72. The zero-order valence-corrected chi connectivity index (χ0v) is 8.75. The molecule has 3 rings (SSSR count). The SMILES string of the molecule is CN1C(=O)NC2(CC3CC[C@H](C2)N3)C1=O. The average molecular weight is 209 g/mol. The first-order valence-corrected chi connectivity index (χ1v) is 5.47. The third kappa shape index (κ3) is 1.13. The summed E-state index contributed by atoms with van der Waals surface area (Å²) in [5.74, 6) is -0.0501. The van der Waals surface area contributed by atoms with Gasteiger partial charge in [0.25, 0.3) is 5.91 Å². The molecule has 0 aliphatic carbocycles. The molecule has 2 unspecified atom stereocenters. The van der Waals surface area contributed by atoms with Crippen LogP contribution in [-0.4, -0.2) is 41.5 Å². The van der Waals surface area contributed by atoms with Gasteiger partial charge in [-0.3, -0.25) is 9.69 Å². The summed E-state index contributed by atoms with van der Waals surface area (Å²) in [5, 5.41) is 6.34. The predicted octanol–water partition coefficient (Wildman–Crippen LogP) is -0.179. The Hall–Kier alpha value is -1.10. The van der Waals surface area contributed by atoms with Gasteiger partial charge in [0, 0.05) is 19.1 Å². The highest BCUT2D eigenvalue weighted by Gasteiger charge is 2.55. The highest BCUT2D eigenvalue weighted by atomic mass is 16.2. The van der Waals surface area contributed by atoms with E-state index in [2.05, 4.69) is 10.6 Å². The fourth-order valence-corrected chi connectivity index (χ4v) is 3.18. The van der Waals surface area contributed by atoms with Crippen molar-refractivity contribution in [3.05, 3.63) is 0 Å². The van der Waals surface area contributed by atoms with Gasteiger partial charge in [-0.05, 0) is 25.7 Å². The first-order valence-electron chi connectivity index (χ1n) is 5.47. The molecule has 5 heteroatoms. The van der Waals surface area contributed by atoms with E-state index < -0.39 is 5.54 Å². The lowest BCUT2D eigenvalue weighted by Crippen LogP contribution is -2.57. The molecular formula is C10H15N3O2. The number of amides is 3. The van der Waals surface area contributed by atoms with Crippen LogP contribution in [0.2, 0.25) is 0 Å². The van der Waals surface area contributed by atoms with Gasteiger partial charge in [-0.25, -0.2) is 4.79 Å². The monoisotopic (exact) mass is 209 g/mol. The lowest BCUT2D eigenvalue weighted by Gasteiger charge is -2.35. The predicted molar refractivity (Wildman–Crippen MR) is 53.2 cm³/mol. The Balaban J connectivity index is 1.92. The molecule has 0 aromatic carbocycles. The molecular weight excluding hydrogens is 194 g/mol. The molecule has 1 spiro atoms. The fraction of sp³-hybridized carbons (Fsp3) is 0.800. The van der Waals surface area contributed by atoms with Gasteiger partial charge < -0.3 is 10.6 Å². The van der Waals surface area contributed by atoms with E-state index in [1.165, 1.54) is 4.90 Å². The Morgan fingerprint density at radius 3 is 2.33 bits per heavy atom. The molecule has 3 aliphatic rings. The van der Waals surface area contributed by atoms with Crippen LogP contribution in [0.3, 0.4) is 0 Å². The van der Waals surface area contributed by atoms with Crippen LogP contribution in [0.25, 0.3) is 0 Å². The molecule has 3 aliphatic heterocycles. The van der Waals surface area contributed by atoms with Gasteiger partial charge in [0.15, 0.2) is 0 Å². The van der Waals surface area contributed by atoms with E-state index in [4.69, 9.17) is 0 Å². The number of fused-ring (bicyclic) bond motifs is 2. The second-order valence-electron chi connectivity index (χ2n) is 4.92. The van der Waals surface area contributed by atoms with E-state index in [9.17, 15) is 9.59 Å².